The molecule has 2 atom stereocenters. The van der Waals surface area contributed by atoms with Crippen LogP contribution in [0.3, 0.4) is 0 Å². The highest BCUT2D eigenvalue weighted by Crippen LogP contribution is 2.26. The van der Waals surface area contributed by atoms with Crippen molar-refractivity contribution in [2.24, 2.45) is 0 Å². The van der Waals surface area contributed by atoms with E-state index in [1.165, 1.54) is 11.1 Å². The molecule has 1 aromatic rings. The molecule has 1 N–H and O–H groups in total. The molecule has 1 aromatic carbocycles. The third-order valence-corrected chi connectivity index (χ3v) is 4.17. The van der Waals surface area contributed by atoms with Crippen molar-refractivity contribution in [3.05, 3.63) is 35.4 Å². The van der Waals surface area contributed by atoms with E-state index in [4.69, 9.17) is 4.74 Å². The Hall–Kier alpha value is -0.900. The van der Waals surface area contributed by atoms with Crippen molar-refractivity contribution in [1.82, 2.24) is 10.2 Å². The molecule has 3 heteroatoms. The number of likely N-dealkylation sites (N-methyl/N-ethyl adjacent to an activating group) is 1. The quantitative estimate of drug-likeness (QED) is 0.828. The molecule has 1 aliphatic heterocycles. The van der Waals surface area contributed by atoms with Crippen molar-refractivity contribution in [3.8, 4) is 0 Å². The van der Waals surface area contributed by atoms with Gasteiger partial charge in [0, 0.05) is 19.1 Å². The molecule has 1 aliphatic rings. The predicted molar refractivity (Wildman–Crippen MR) is 84.1 cm³/mol. The molecule has 0 amide bonds. The van der Waals surface area contributed by atoms with Gasteiger partial charge in [0.25, 0.3) is 0 Å². The van der Waals surface area contributed by atoms with Gasteiger partial charge >= 0.3 is 0 Å². The van der Waals surface area contributed by atoms with Crippen LogP contribution in [-0.2, 0) is 11.2 Å². The minimum atomic E-state index is 0.208. The van der Waals surface area contributed by atoms with Crippen LogP contribution in [0.5, 0.6) is 0 Å². The van der Waals surface area contributed by atoms with E-state index in [0.29, 0.717) is 6.04 Å². The van der Waals surface area contributed by atoms with Crippen molar-refractivity contribution in [2.45, 2.75) is 39.3 Å². The van der Waals surface area contributed by atoms with Gasteiger partial charge in [0.15, 0.2) is 0 Å². The standard InChI is InChI=1S/C17H28N2O/c1-4-19(5-2)13-14(3)18-12-17-16-9-7-6-8-15(16)10-11-20-17/h6-9,14,17-18H,4-5,10-13H2,1-3H3. The molecule has 0 radical (unpaired) electrons. The van der Waals surface area contributed by atoms with E-state index in [-0.39, 0.29) is 6.10 Å². The van der Waals surface area contributed by atoms with Crippen molar-refractivity contribution in [2.75, 3.05) is 32.8 Å². The van der Waals surface area contributed by atoms with Crippen molar-refractivity contribution in [1.29, 1.82) is 0 Å². The lowest BCUT2D eigenvalue weighted by Gasteiger charge is -2.29. The predicted octanol–water partition coefficient (Wildman–Crippen LogP) is 2.62. The van der Waals surface area contributed by atoms with Crippen LogP contribution >= 0.6 is 0 Å². The summed E-state index contributed by atoms with van der Waals surface area (Å²) in [6.45, 7) is 11.8. The molecule has 0 spiro atoms. The Balaban J connectivity index is 1.86. The number of nitrogens with zero attached hydrogens (tertiary/aromatic N) is 1. The average Bonchev–Trinajstić information content (AvgIpc) is 2.50. The third kappa shape index (κ3) is 4.05. The van der Waals surface area contributed by atoms with Crippen molar-refractivity contribution < 1.29 is 4.74 Å². The van der Waals surface area contributed by atoms with Crippen molar-refractivity contribution >= 4 is 0 Å². The summed E-state index contributed by atoms with van der Waals surface area (Å²) in [5.41, 5.74) is 2.81. The van der Waals surface area contributed by atoms with Gasteiger partial charge in [-0.2, -0.15) is 0 Å². The molecule has 0 saturated carbocycles. The fraction of sp³-hybridized carbons (Fsp3) is 0.647. The van der Waals surface area contributed by atoms with Gasteiger partial charge in [-0.15, -0.1) is 0 Å². The number of ether oxygens (including phenoxy) is 1. The molecule has 20 heavy (non-hydrogen) atoms. The van der Waals surface area contributed by atoms with Gasteiger partial charge in [-0.25, -0.2) is 0 Å². The molecule has 2 unspecified atom stereocenters. The Kier molecular flexibility index (Phi) is 6.02. The van der Waals surface area contributed by atoms with Gasteiger partial charge in [-0.1, -0.05) is 38.1 Å². The van der Waals surface area contributed by atoms with Crippen LogP contribution in [0.15, 0.2) is 24.3 Å². The zero-order valence-corrected chi connectivity index (χ0v) is 13.1. The first-order valence-corrected chi connectivity index (χ1v) is 7.89. The van der Waals surface area contributed by atoms with E-state index in [1.54, 1.807) is 0 Å². The van der Waals surface area contributed by atoms with Crippen LogP contribution in [-0.4, -0.2) is 43.7 Å². The first kappa shape index (κ1) is 15.5. The molecule has 0 aromatic heterocycles. The zero-order valence-electron chi connectivity index (χ0n) is 13.1. The molecule has 1 heterocycles. The third-order valence-electron chi connectivity index (χ3n) is 4.17. The first-order chi connectivity index (χ1) is 9.74. The van der Waals surface area contributed by atoms with E-state index in [9.17, 15) is 0 Å². The highest BCUT2D eigenvalue weighted by Gasteiger charge is 2.20. The second-order valence-corrected chi connectivity index (χ2v) is 5.60. The van der Waals surface area contributed by atoms with E-state index < -0.39 is 0 Å². The van der Waals surface area contributed by atoms with Gasteiger partial charge < -0.3 is 15.0 Å². The summed E-state index contributed by atoms with van der Waals surface area (Å²) >= 11 is 0. The Morgan fingerprint density at radius 3 is 2.80 bits per heavy atom. The van der Waals surface area contributed by atoms with E-state index in [2.05, 4.69) is 55.3 Å². The minimum Gasteiger partial charge on any atom is -0.372 e. The lowest BCUT2D eigenvalue weighted by molar-refractivity contribution is 0.0402. The highest BCUT2D eigenvalue weighted by atomic mass is 16.5. The molecule has 2 rings (SSSR count). The largest absolute Gasteiger partial charge is 0.372 e. The monoisotopic (exact) mass is 276 g/mol. The summed E-state index contributed by atoms with van der Waals surface area (Å²) in [6, 6.07) is 9.16. The second-order valence-electron chi connectivity index (χ2n) is 5.60. The Morgan fingerprint density at radius 2 is 2.05 bits per heavy atom. The fourth-order valence-corrected chi connectivity index (χ4v) is 2.89. The Labute approximate surface area is 123 Å². The van der Waals surface area contributed by atoms with Gasteiger partial charge in [0.2, 0.25) is 0 Å². The number of rotatable bonds is 7. The lowest BCUT2D eigenvalue weighted by Crippen LogP contribution is -2.41. The molecule has 0 fully saturated rings. The van der Waals surface area contributed by atoms with Gasteiger partial charge in [0.1, 0.15) is 0 Å². The summed E-state index contributed by atoms with van der Waals surface area (Å²) in [6.07, 6.45) is 1.25. The second kappa shape index (κ2) is 7.77. The van der Waals surface area contributed by atoms with E-state index >= 15 is 0 Å². The maximum Gasteiger partial charge on any atom is 0.0952 e. The average molecular weight is 276 g/mol. The zero-order chi connectivity index (χ0) is 14.4. The maximum atomic E-state index is 5.94. The van der Waals surface area contributed by atoms with Crippen LogP contribution in [0.4, 0.5) is 0 Å². The van der Waals surface area contributed by atoms with E-state index in [1.807, 2.05) is 0 Å². The van der Waals surface area contributed by atoms with Crippen LogP contribution in [0.2, 0.25) is 0 Å². The van der Waals surface area contributed by atoms with Gasteiger partial charge in [-0.05, 0) is 37.6 Å². The van der Waals surface area contributed by atoms with Gasteiger partial charge in [0.05, 0.1) is 12.7 Å². The SMILES string of the molecule is CCN(CC)CC(C)NCC1OCCc2ccccc21. The molecular formula is C17H28N2O. The summed E-state index contributed by atoms with van der Waals surface area (Å²) in [7, 11) is 0. The lowest BCUT2D eigenvalue weighted by atomic mass is 9.97. The summed E-state index contributed by atoms with van der Waals surface area (Å²) in [5, 5.41) is 3.63. The molecule has 112 valence electrons. The smallest absolute Gasteiger partial charge is 0.0952 e. The molecular weight excluding hydrogens is 248 g/mol. The summed E-state index contributed by atoms with van der Waals surface area (Å²) in [4.78, 5) is 2.45. The number of benzene rings is 1. The minimum absolute atomic E-state index is 0.208. The normalized spacial score (nSPS) is 19.9. The molecule has 0 bridgehead atoms. The summed E-state index contributed by atoms with van der Waals surface area (Å²) < 4.78 is 5.94. The van der Waals surface area contributed by atoms with Crippen molar-refractivity contribution in [3.63, 3.8) is 0 Å². The fourth-order valence-electron chi connectivity index (χ4n) is 2.89. The van der Waals surface area contributed by atoms with Crippen LogP contribution < -0.4 is 5.32 Å². The Bertz CT molecular complexity index is 404. The van der Waals surface area contributed by atoms with Crippen LogP contribution in [0, 0.1) is 0 Å². The number of fused-ring (bicyclic) bond motifs is 1. The topological polar surface area (TPSA) is 24.5 Å². The number of nitrogens with one attached hydrogen (secondary N) is 1. The molecule has 0 saturated heterocycles. The number of hydrogen-bond donors (Lipinski definition) is 1. The highest BCUT2D eigenvalue weighted by molar-refractivity contribution is 5.31. The molecule has 3 nitrogen and oxygen atoms in total. The summed E-state index contributed by atoms with van der Waals surface area (Å²) in [5.74, 6) is 0. The van der Waals surface area contributed by atoms with Crippen LogP contribution in [0.25, 0.3) is 0 Å². The Morgan fingerprint density at radius 1 is 1.30 bits per heavy atom. The van der Waals surface area contributed by atoms with E-state index in [0.717, 1.165) is 39.2 Å². The first-order valence-electron chi connectivity index (χ1n) is 7.89. The molecule has 0 aliphatic carbocycles. The maximum absolute atomic E-state index is 5.94. The van der Waals surface area contributed by atoms with Crippen LogP contribution in [0.1, 0.15) is 38.0 Å². The number of hydrogen-bond acceptors (Lipinski definition) is 3. The van der Waals surface area contributed by atoms with Gasteiger partial charge in [-0.3, -0.25) is 0 Å².